The average molecular weight is 340 g/mol. The fraction of sp³-hybridized carbons (Fsp3) is 0.684. The van der Waals surface area contributed by atoms with Gasteiger partial charge in [0, 0.05) is 0 Å². The summed E-state index contributed by atoms with van der Waals surface area (Å²) in [5.74, 6) is 0.631. The van der Waals surface area contributed by atoms with Crippen molar-refractivity contribution >= 4 is 7.60 Å². The first-order valence-corrected chi connectivity index (χ1v) is 10.9. The fourth-order valence-corrected chi connectivity index (χ4v) is 4.22. The van der Waals surface area contributed by atoms with Crippen LogP contribution in [-0.4, -0.2) is 12.8 Å². The minimum atomic E-state index is -3.02. The Labute approximate surface area is 142 Å². The summed E-state index contributed by atoms with van der Waals surface area (Å²) in [6.07, 6.45) is 10.9. The molecule has 0 fully saturated rings. The topological polar surface area (TPSA) is 35.5 Å². The number of rotatable bonds is 14. The van der Waals surface area contributed by atoms with Gasteiger partial charge in [0.1, 0.15) is 5.75 Å². The van der Waals surface area contributed by atoms with Gasteiger partial charge in [0.05, 0.1) is 12.8 Å². The standard InChI is InChI=1S/C19H33O3P/c1-3-5-7-8-9-10-14-17-21-23(20,18-6-4-2)22-19-15-12-11-13-16-19/h11-13,15-16H,3-10,14,17-18H2,1-2H3. The van der Waals surface area contributed by atoms with Crippen LogP contribution in [0, 0.1) is 0 Å². The number of unbranched alkanes of at least 4 members (excludes halogenated alkanes) is 7. The van der Waals surface area contributed by atoms with Crippen LogP contribution in [0.15, 0.2) is 30.3 Å². The van der Waals surface area contributed by atoms with Crippen LogP contribution in [-0.2, 0) is 9.09 Å². The van der Waals surface area contributed by atoms with Crippen molar-refractivity contribution in [2.45, 2.75) is 71.6 Å². The van der Waals surface area contributed by atoms with Gasteiger partial charge < -0.3 is 4.52 Å². The van der Waals surface area contributed by atoms with Crippen molar-refractivity contribution in [2.24, 2.45) is 0 Å². The maximum atomic E-state index is 12.9. The molecule has 0 saturated heterocycles. The summed E-state index contributed by atoms with van der Waals surface area (Å²) in [4.78, 5) is 0. The van der Waals surface area contributed by atoms with Gasteiger partial charge in [0.15, 0.2) is 0 Å². The van der Waals surface area contributed by atoms with E-state index in [0.717, 1.165) is 25.7 Å². The van der Waals surface area contributed by atoms with Crippen LogP contribution in [0.25, 0.3) is 0 Å². The van der Waals surface area contributed by atoms with Gasteiger partial charge in [-0.1, -0.05) is 77.0 Å². The molecule has 1 unspecified atom stereocenters. The van der Waals surface area contributed by atoms with Crippen molar-refractivity contribution in [1.29, 1.82) is 0 Å². The molecule has 0 amide bonds. The highest BCUT2D eigenvalue weighted by Crippen LogP contribution is 2.49. The van der Waals surface area contributed by atoms with E-state index in [1.54, 1.807) is 0 Å². The van der Waals surface area contributed by atoms with Crippen LogP contribution in [0.3, 0.4) is 0 Å². The Morgan fingerprint density at radius 1 is 0.826 bits per heavy atom. The lowest BCUT2D eigenvalue weighted by atomic mass is 10.1. The predicted molar refractivity (Wildman–Crippen MR) is 98.4 cm³/mol. The first-order chi connectivity index (χ1) is 11.2. The zero-order chi connectivity index (χ0) is 16.8. The maximum absolute atomic E-state index is 12.9. The van der Waals surface area contributed by atoms with Crippen molar-refractivity contribution < 1.29 is 13.6 Å². The molecule has 1 rings (SSSR count). The lowest BCUT2D eigenvalue weighted by Crippen LogP contribution is -2.04. The number of para-hydroxylation sites is 1. The molecule has 0 saturated carbocycles. The Kier molecular flexibility index (Phi) is 11.1. The summed E-state index contributed by atoms with van der Waals surface area (Å²) < 4.78 is 24.3. The minimum Gasteiger partial charge on any atom is -0.424 e. The van der Waals surface area contributed by atoms with E-state index in [0.29, 0.717) is 18.5 Å². The quantitative estimate of drug-likeness (QED) is 0.275. The molecule has 1 aromatic carbocycles. The number of benzene rings is 1. The Hall–Kier alpha value is -0.790. The molecule has 4 heteroatoms. The summed E-state index contributed by atoms with van der Waals surface area (Å²) in [6.45, 7) is 4.85. The number of hydrogen-bond acceptors (Lipinski definition) is 3. The molecule has 1 aromatic rings. The van der Waals surface area contributed by atoms with Crippen LogP contribution in [0.4, 0.5) is 0 Å². The molecule has 0 N–H and O–H groups in total. The van der Waals surface area contributed by atoms with Crippen molar-refractivity contribution in [3.63, 3.8) is 0 Å². The smallest absolute Gasteiger partial charge is 0.379 e. The Morgan fingerprint density at radius 3 is 2.09 bits per heavy atom. The normalized spacial score (nSPS) is 13.7. The van der Waals surface area contributed by atoms with E-state index in [9.17, 15) is 4.57 Å². The molecule has 23 heavy (non-hydrogen) atoms. The zero-order valence-corrected chi connectivity index (χ0v) is 15.7. The Morgan fingerprint density at radius 2 is 1.43 bits per heavy atom. The highest BCUT2D eigenvalue weighted by Gasteiger charge is 2.25. The first kappa shape index (κ1) is 20.3. The van der Waals surface area contributed by atoms with Gasteiger partial charge in [-0.15, -0.1) is 0 Å². The molecule has 3 nitrogen and oxygen atoms in total. The van der Waals surface area contributed by atoms with E-state index in [-0.39, 0.29) is 0 Å². The second-order valence-electron chi connectivity index (χ2n) is 6.05. The van der Waals surface area contributed by atoms with Gasteiger partial charge in [-0.2, -0.15) is 0 Å². The van der Waals surface area contributed by atoms with Crippen LogP contribution < -0.4 is 4.52 Å². The highest BCUT2D eigenvalue weighted by molar-refractivity contribution is 7.54. The molecule has 0 aliphatic carbocycles. The predicted octanol–water partition coefficient (Wildman–Crippen LogP) is 6.83. The summed E-state index contributed by atoms with van der Waals surface area (Å²) >= 11 is 0. The molecular formula is C19H33O3P. The van der Waals surface area contributed by atoms with Crippen LogP contribution in [0.1, 0.15) is 71.6 Å². The van der Waals surface area contributed by atoms with Crippen molar-refractivity contribution in [2.75, 3.05) is 12.8 Å². The maximum Gasteiger partial charge on any atom is 0.379 e. The Bertz CT molecular complexity index is 434. The van der Waals surface area contributed by atoms with Gasteiger partial charge in [-0.3, -0.25) is 4.52 Å². The van der Waals surface area contributed by atoms with Crippen molar-refractivity contribution in [1.82, 2.24) is 0 Å². The third kappa shape index (κ3) is 9.84. The summed E-state index contributed by atoms with van der Waals surface area (Å²) in [7, 11) is -3.02. The van der Waals surface area contributed by atoms with Gasteiger partial charge in [-0.25, -0.2) is 4.57 Å². The molecule has 0 aromatic heterocycles. The average Bonchev–Trinajstić information content (AvgIpc) is 2.56. The van der Waals surface area contributed by atoms with E-state index in [1.165, 1.54) is 32.1 Å². The van der Waals surface area contributed by atoms with Crippen LogP contribution in [0.5, 0.6) is 5.75 Å². The van der Waals surface area contributed by atoms with Crippen LogP contribution in [0.2, 0.25) is 0 Å². The molecule has 1 atom stereocenters. The third-order valence-electron chi connectivity index (χ3n) is 3.81. The van der Waals surface area contributed by atoms with E-state index >= 15 is 0 Å². The zero-order valence-electron chi connectivity index (χ0n) is 14.8. The monoisotopic (exact) mass is 340 g/mol. The summed E-state index contributed by atoms with van der Waals surface area (Å²) in [5.41, 5.74) is 0. The fourth-order valence-electron chi connectivity index (χ4n) is 2.39. The summed E-state index contributed by atoms with van der Waals surface area (Å²) in [6, 6.07) is 9.35. The summed E-state index contributed by atoms with van der Waals surface area (Å²) in [5, 5.41) is 0. The molecular weight excluding hydrogens is 307 g/mol. The van der Waals surface area contributed by atoms with Crippen molar-refractivity contribution in [3.05, 3.63) is 30.3 Å². The Balaban J connectivity index is 2.31. The number of hydrogen-bond donors (Lipinski definition) is 0. The lowest BCUT2D eigenvalue weighted by Gasteiger charge is -2.19. The first-order valence-electron chi connectivity index (χ1n) is 9.18. The second-order valence-corrected chi connectivity index (χ2v) is 8.16. The van der Waals surface area contributed by atoms with E-state index in [2.05, 4.69) is 13.8 Å². The largest absolute Gasteiger partial charge is 0.424 e. The molecule has 0 bridgehead atoms. The van der Waals surface area contributed by atoms with Gasteiger partial charge in [0.25, 0.3) is 0 Å². The van der Waals surface area contributed by atoms with Gasteiger partial charge >= 0.3 is 7.60 Å². The second kappa shape index (κ2) is 12.6. The van der Waals surface area contributed by atoms with Crippen molar-refractivity contribution in [3.8, 4) is 5.75 Å². The SMILES string of the molecule is CCCCCCCCCOP(=O)(CCCC)Oc1ccccc1. The third-order valence-corrected chi connectivity index (χ3v) is 5.74. The van der Waals surface area contributed by atoms with Gasteiger partial charge in [0.2, 0.25) is 0 Å². The lowest BCUT2D eigenvalue weighted by molar-refractivity contribution is 0.257. The molecule has 0 radical (unpaired) electrons. The van der Waals surface area contributed by atoms with Gasteiger partial charge in [-0.05, 0) is 25.0 Å². The molecule has 0 heterocycles. The molecule has 132 valence electrons. The van der Waals surface area contributed by atoms with Crippen LogP contribution >= 0.6 is 7.60 Å². The van der Waals surface area contributed by atoms with E-state index in [4.69, 9.17) is 9.05 Å². The highest BCUT2D eigenvalue weighted by atomic mass is 31.2. The van der Waals surface area contributed by atoms with E-state index < -0.39 is 7.60 Å². The molecule has 0 spiro atoms. The minimum absolute atomic E-state index is 0.495. The molecule has 0 aliphatic rings. The molecule has 0 aliphatic heterocycles. The van der Waals surface area contributed by atoms with E-state index in [1.807, 2.05) is 30.3 Å².